The molecule has 0 unspecified atom stereocenters. The summed E-state index contributed by atoms with van der Waals surface area (Å²) in [5.41, 5.74) is 2.43. The largest absolute Gasteiger partial charge is 0.390 e. The van der Waals surface area contributed by atoms with Gasteiger partial charge in [-0.05, 0) is 36.8 Å². The van der Waals surface area contributed by atoms with Crippen molar-refractivity contribution in [3.63, 3.8) is 0 Å². The molecule has 0 spiro atoms. The van der Waals surface area contributed by atoms with Crippen molar-refractivity contribution in [3.8, 4) is 0 Å². The van der Waals surface area contributed by atoms with Crippen LogP contribution in [0.1, 0.15) is 42.7 Å². The summed E-state index contributed by atoms with van der Waals surface area (Å²) in [4.78, 5) is 0. The fraction of sp³-hybridized carbons (Fsp3) is 0.500. The summed E-state index contributed by atoms with van der Waals surface area (Å²) in [5, 5.41) is 10.1. The van der Waals surface area contributed by atoms with Crippen LogP contribution < -0.4 is 0 Å². The Kier molecular flexibility index (Phi) is 1.26. The molecular formula is C12H14O. The van der Waals surface area contributed by atoms with Crippen LogP contribution in [0.4, 0.5) is 0 Å². The zero-order valence-corrected chi connectivity index (χ0v) is 7.83. The molecule has 2 aliphatic rings. The van der Waals surface area contributed by atoms with E-state index in [0.29, 0.717) is 11.8 Å². The van der Waals surface area contributed by atoms with E-state index in [0.717, 1.165) is 12.8 Å². The van der Waals surface area contributed by atoms with Crippen molar-refractivity contribution in [2.75, 3.05) is 0 Å². The molecule has 1 saturated carbocycles. The second kappa shape index (κ2) is 2.16. The minimum atomic E-state index is -0.445. The monoisotopic (exact) mass is 174 g/mol. The van der Waals surface area contributed by atoms with Crippen LogP contribution in [0.2, 0.25) is 0 Å². The third-order valence-corrected chi connectivity index (χ3v) is 3.74. The van der Waals surface area contributed by atoms with E-state index in [1.165, 1.54) is 11.1 Å². The molecule has 68 valence electrons. The maximum absolute atomic E-state index is 10.1. The van der Waals surface area contributed by atoms with Gasteiger partial charge < -0.3 is 5.11 Å². The van der Waals surface area contributed by atoms with Crippen molar-refractivity contribution in [1.29, 1.82) is 0 Å². The average Bonchev–Trinajstić information content (AvgIpc) is 2.58. The normalized spacial score (nSPS) is 40.8. The lowest BCUT2D eigenvalue weighted by Gasteiger charge is -2.29. The van der Waals surface area contributed by atoms with Gasteiger partial charge in [-0.25, -0.2) is 0 Å². The topological polar surface area (TPSA) is 20.2 Å². The van der Waals surface area contributed by atoms with Gasteiger partial charge in [0.1, 0.15) is 0 Å². The van der Waals surface area contributed by atoms with Gasteiger partial charge in [0, 0.05) is 5.92 Å². The van der Waals surface area contributed by atoms with Crippen LogP contribution in [0.5, 0.6) is 0 Å². The first-order valence-electron chi connectivity index (χ1n) is 5.00. The SMILES string of the molecule is C[C@]1(O)C[C@@H]2C[C@H]1c1ccccc12. The van der Waals surface area contributed by atoms with E-state index in [-0.39, 0.29) is 0 Å². The van der Waals surface area contributed by atoms with Crippen LogP contribution in [0.25, 0.3) is 0 Å². The number of fused-ring (bicyclic) bond motifs is 5. The Morgan fingerprint density at radius 1 is 1.31 bits per heavy atom. The van der Waals surface area contributed by atoms with Crippen molar-refractivity contribution in [2.24, 2.45) is 0 Å². The van der Waals surface area contributed by atoms with E-state index in [1.807, 2.05) is 6.92 Å². The molecule has 1 heteroatoms. The van der Waals surface area contributed by atoms with Crippen molar-refractivity contribution < 1.29 is 5.11 Å². The summed E-state index contributed by atoms with van der Waals surface area (Å²) in [6, 6.07) is 8.58. The summed E-state index contributed by atoms with van der Waals surface area (Å²) < 4.78 is 0. The van der Waals surface area contributed by atoms with E-state index in [2.05, 4.69) is 24.3 Å². The van der Waals surface area contributed by atoms with Gasteiger partial charge in [0.15, 0.2) is 0 Å². The molecule has 13 heavy (non-hydrogen) atoms. The fourth-order valence-electron chi connectivity index (χ4n) is 3.16. The number of aliphatic hydroxyl groups is 1. The summed E-state index contributed by atoms with van der Waals surface area (Å²) >= 11 is 0. The molecule has 0 heterocycles. The molecule has 0 aromatic heterocycles. The second-order valence-corrected chi connectivity index (χ2v) is 4.68. The highest BCUT2D eigenvalue weighted by molar-refractivity contribution is 5.43. The molecule has 0 radical (unpaired) electrons. The van der Waals surface area contributed by atoms with Gasteiger partial charge >= 0.3 is 0 Å². The molecule has 1 aromatic carbocycles. The van der Waals surface area contributed by atoms with Crippen molar-refractivity contribution in [3.05, 3.63) is 35.4 Å². The molecule has 3 rings (SSSR count). The third kappa shape index (κ3) is 0.856. The smallest absolute Gasteiger partial charge is 0.0694 e. The lowest BCUT2D eigenvalue weighted by molar-refractivity contribution is 0.0446. The molecule has 0 saturated heterocycles. The van der Waals surface area contributed by atoms with E-state index >= 15 is 0 Å². The molecule has 1 aromatic rings. The molecule has 3 atom stereocenters. The molecule has 0 amide bonds. The Labute approximate surface area is 78.4 Å². The number of benzene rings is 1. The lowest BCUT2D eigenvalue weighted by Crippen LogP contribution is -2.29. The molecule has 2 bridgehead atoms. The molecule has 1 fully saturated rings. The summed E-state index contributed by atoms with van der Waals surface area (Å²) in [7, 11) is 0. The Bertz CT molecular complexity index is 354. The van der Waals surface area contributed by atoms with E-state index in [9.17, 15) is 5.11 Å². The van der Waals surface area contributed by atoms with Gasteiger partial charge in [-0.2, -0.15) is 0 Å². The molecule has 1 nitrogen and oxygen atoms in total. The summed E-state index contributed by atoms with van der Waals surface area (Å²) in [6.07, 6.45) is 2.11. The zero-order chi connectivity index (χ0) is 9.05. The molecular weight excluding hydrogens is 160 g/mol. The maximum Gasteiger partial charge on any atom is 0.0694 e. The Balaban J connectivity index is 2.17. The quantitative estimate of drug-likeness (QED) is 0.640. The fourth-order valence-corrected chi connectivity index (χ4v) is 3.16. The van der Waals surface area contributed by atoms with Crippen molar-refractivity contribution in [1.82, 2.24) is 0 Å². The minimum absolute atomic E-state index is 0.397. The second-order valence-electron chi connectivity index (χ2n) is 4.68. The Morgan fingerprint density at radius 3 is 2.77 bits per heavy atom. The van der Waals surface area contributed by atoms with Gasteiger partial charge in [0.05, 0.1) is 5.60 Å². The van der Waals surface area contributed by atoms with Crippen LogP contribution in [-0.4, -0.2) is 10.7 Å². The first-order valence-corrected chi connectivity index (χ1v) is 5.00. The Morgan fingerprint density at radius 2 is 2.00 bits per heavy atom. The highest BCUT2D eigenvalue weighted by Crippen LogP contribution is 2.57. The standard InChI is InChI=1S/C12H14O/c1-12(13)7-8-6-11(12)10-5-3-2-4-9(8)10/h2-5,8,11,13H,6-7H2,1H3/t8-,11-,12-/m0/s1. The number of hydrogen-bond acceptors (Lipinski definition) is 1. The van der Waals surface area contributed by atoms with Crippen LogP contribution in [0.3, 0.4) is 0 Å². The molecule has 2 aliphatic carbocycles. The van der Waals surface area contributed by atoms with Crippen molar-refractivity contribution in [2.45, 2.75) is 37.2 Å². The third-order valence-electron chi connectivity index (χ3n) is 3.74. The Hall–Kier alpha value is -0.820. The predicted molar refractivity (Wildman–Crippen MR) is 51.8 cm³/mol. The van der Waals surface area contributed by atoms with E-state index in [1.54, 1.807) is 0 Å². The van der Waals surface area contributed by atoms with Gasteiger partial charge in [0.2, 0.25) is 0 Å². The lowest BCUT2D eigenvalue weighted by atomic mass is 9.81. The van der Waals surface area contributed by atoms with Crippen LogP contribution in [-0.2, 0) is 0 Å². The summed E-state index contributed by atoms with van der Waals surface area (Å²) in [5.74, 6) is 1.02. The summed E-state index contributed by atoms with van der Waals surface area (Å²) in [6.45, 7) is 1.98. The first-order chi connectivity index (χ1) is 6.18. The predicted octanol–water partition coefficient (Wildman–Crippen LogP) is 2.41. The zero-order valence-electron chi connectivity index (χ0n) is 7.83. The number of hydrogen-bond donors (Lipinski definition) is 1. The van der Waals surface area contributed by atoms with Gasteiger partial charge in [-0.15, -0.1) is 0 Å². The van der Waals surface area contributed by atoms with Gasteiger partial charge in [-0.3, -0.25) is 0 Å². The number of rotatable bonds is 0. The molecule has 0 aliphatic heterocycles. The molecule has 1 N–H and O–H groups in total. The van der Waals surface area contributed by atoms with Crippen LogP contribution >= 0.6 is 0 Å². The van der Waals surface area contributed by atoms with E-state index in [4.69, 9.17) is 0 Å². The van der Waals surface area contributed by atoms with E-state index < -0.39 is 5.60 Å². The van der Waals surface area contributed by atoms with Crippen LogP contribution in [0, 0.1) is 0 Å². The average molecular weight is 174 g/mol. The first kappa shape index (κ1) is 7.57. The highest BCUT2D eigenvalue weighted by atomic mass is 16.3. The minimum Gasteiger partial charge on any atom is -0.390 e. The van der Waals surface area contributed by atoms with Crippen molar-refractivity contribution >= 4 is 0 Å². The maximum atomic E-state index is 10.1. The van der Waals surface area contributed by atoms with Gasteiger partial charge in [0.25, 0.3) is 0 Å². The van der Waals surface area contributed by atoms with Gasteiger partial charge in [-0.1, -0.05) is 24.3 Å². The van der Waals surface area contributed by atoms with Crippen LogP contribution in [0.15, 0.2) is 24.3 Å². The highest BCUT2D eigenvalue weighted by Gasteiger charge is 2.49.